The van der Waals surface area contributed by atoms with E-state index in [1.165, 1.54) is 0 Å². The van der Waals surface area contributed by atoms with Gasteiger partial charge < -0.3 is 10.2 Å². The van der Waals surface area contributed by atoms with E-state index in [0.29, 0.717) is 56.0 Å². The Morgan fingerprint density at radius 3 is 2.38 bits per heavy atom. The van der Waals surface area contributed by atoms with Crippen molar-refractivity contribution in [3.63, 3.8) is 0 Å². The Kier molecular flexibility index (Phi) is 14.2. The van der Waals surface area contributed by atoms with Crippen molar-refractivity contribution < 1.29 is 28.8 Å². The second-order valence-corrected chi connectivity index (χ2v) is 17.1. The number of amides is 5. The number of piperazine rings is 1. The van der Waals surface area contributed by atoms with Crippen molar-refractivity contribution >= 4 is 41.0 Å². The number of nitrogens with one attached hydrogen (secondary N) is 2. The van der Waals surface area contributed by atoms with E-state index in [1.54, 1.807) is 36.8 Å². The molecule has 0 aliphatic carbocycles. The van der Waals surface area contributed by atoms with Crippen molar-refractivity contribution in [2.75, 3.05) is 38.0 Å². The molecule has 334 valence electrons. The number of unbranched alkanes of at least 4 members (excludes halogenated alkanes) is 4. The molecule has 0 spiro atoms. The third-order valence-electron chi connectivity index (χ3n) is 12.5. The van der Waals surface area contributed by atoms with Gasteiger partial charge in [-0.1, -0.05) is 67.8 Å². The summed E-state index contributed by atoms with van der Waals surface area (Å²) < 4.78 is 0. The van der Waals surface area contributed by atoms with Gasteiger partial charge >= 0.3 is 0 Å². The van der Waals surface area contributed by atoms with Crippen LogP contribution in [-0.2, 0) is 33.8 Å². The van der Waals surface area contributed by atoms with E-state index in [9.17, 15) is 28.8 Å². The normalized spacial score (nSPS) is 16.4. The molecular formula is C51H54N8O6. The van der Waals surface area contributed by atoms with Crippen LogP contribution in [0.5, 0.6) is 0 Å². The fourth-order valence-corrected chi connectivity index (χ4v) is 8.83. The summed E-state index contributed by atoms with van der Waals surface area (Å²) in [7, 11) is 0. The van der Waals surface area contributed by atoms with E-state index in [4.69, 9.17) is 4.98 Å². The molecule has 5 aromatic rings. The first-order valence-corrected chi connectivity index (χ1v) is 22.6. The predicted molar refractivity (Wildman–Crippen MR) is 245 cm³/mol. The van der Waals surface area contributed by atoms with Crippen molar-refractivity contribution in [2.45, 2.75) is 83.7 Å². The molecule has 0 radical (unpaired) electrons. The number of pyridine rings is 1. The molecule has 5 heterocycles. The van der Waals surface area contributed by atoms with Crippen molar-refractivity contribution in [2.24, 2.45) is 0 Å². The van der Waals surface area contributed by atoms with Crippen LogP contribution in [0.4, 0.5) is 5.69 Å². The summed E-state index contributed by atoms with van der Waals surface area (Å²) in [5.41, 5.74) is 7.84. The molecule has 1 unspecified atom stereocenters. The maximum Gasteiger partial charge on any atom is 0.264 e. The molecule has 14 heteroatoms. The third kappa shape index (κ3) is 10.9. The largest absolute Gasteiger partial charge is 0.384 e. The average Bonchev–Trinajstić information content (AvgIpc) is 3.57. The van der Waals surface area contributed by atoms with Gasteiger partial charge in [0.25, 0.3) is 11.8 Å². The Bertz CT molecular complexity index is 2570. The minimum Gasteiger partial charge on any atom is -0.384 e. The zero-order chi connectivity index (χ0) is 45.3. The average molecular weight is 875 g/mol. The molecule has 8 rings (SSSR count). The van der Waals surface area contributed by atoms with Crippen LogP contribution < -0.4 is 10.6 Å². The highest BCUT2D eigenvalue weighted by molar-refractivity contribution is 6.25. The van der Waals surface area contributed by atoms with Gasteiger partial charge in [0.2, 0.25) is 17.7 Å². The number of Topliss-reactive ketones (excluding diaryl/α,β-unsaturated/α-hetero) is 1. The lowest BCUT2D eigenvalue weighted by molar-refractivity contribution is -0.136. The molecular weight excluding hydrogens is 821 g/mol. The minimum atomic E-state index is -0.997. The van der Waals surface area contributed by atoms with Crippen LogP contribution in [0.15, 0.2) is 97.5 Å². The van der Waals surface area contributed by atoms with Crippen LogP contribution in [0.2, 0.25) is 0 Å². The standard InChI is InChI=1S/C51H54N8O6/c1-34-13-14-36(29-39(34)31-45-54-24-21-41(55-45)38-9-8-22-52-32-38)30-44(60)37-17-15-35(16-18-37)33-57-25-27-58(28-26-57)47(62)12-5-3-2-4-6-23-53-42-11-7-10-40-48(42)51(65)59(50(40)64)43-19-20-46(61)56-49(43)63/h7-11,13-18,21-22,24,29,32,43,53H,2-6,12,19-20,23,25-28,30-31,33H2,1H3,(H,56,61,63). The number of fused-ring (bicyclic) bond motifs is 1. The molecule has 0 bridgehead atoms. The monoisotopic (exact) mass is 874 g/mol. The van der Waals surface area contributed by atoms with Crippen LogP contribution in [0.1, 0.15) is 111 Å². The summed E-state index contributed by atoms with van der Waals surface area (Å²) in [6.45, 7) is 6.43. The number of piperidine rings is 1. The SMILES string of the molecule is Cc1ccc(CC(=O)c2ccc(CN3CCN(C(=O)CCCCCCCNc4cccc5c4C(=O)N(C4CCC(=O)NC4=O)C5=O)CC3)cc2)cc1Cc1nccc(-c2cccnc2)n1. The zero-order valence-electron chi connectivity index (χ0n) is 36.8. The van der Waals surface area contributed by atoms with E-state index in [2.05, 4.69) is 44.6 Å². The number of aromatic nitrogens is 3. The summed E-state index contributed by atoms with van der Waals surface area (Å²) in [6, 6.07) is 23.9. The van der Waals surface area contributed by atoms with Gasteiger partial charge in [-0.3, -0.25) is 48.9 Å². The minimum absolute atomic E-state index is 0.0670. The topological polar surface area (TPSA) is 175 Å². The fourth-order valence-electron chi connectivity index (χ4n) is 8.83. The van der Waals surface area contributed by atoms with Crippen LogP contribution >= 0.6 is 0 Å². The molecule has 3 aromatic carbocycles. The van der Waals surface area contributed by atoms with Gasteiger partial charge in [-0.25, -0.2) is 9.97 Å². The first kappa shape index (κ1) is 44.7. The molecule has 2 fully saturated rings. The Balaban J connectivity index is 0.710. The van der Waals surface area contributed by atoms with E-state index >= 15 is 0 Å². The Morgan fingerprint density at radius 1 is 0.815 bits per heavy atom. The van der Waals surface area contributed by atoms with E-state index in [-0.39, 0.29) is 35.7 Å². The van der Waals surface area contributed by atoms with Gasteiger partial charge in [-0.15, -0.1) is 0 Å². The van der Waals surface area contributed by atoms with Crippen molar-refractivity contribution in [1.82, 2.24) is 35.0 Å². The van der Waals surface area contributed by atoms with Crippen molar-refractivity contribution in [3.05, 3.63) is 142 Å². The maximum atomic E-state index is 13.4. The van der Waals surface area contributed by atoms with Gasteiger partial charge in [0.1, 0.15) is 11.9 Å². The number of rotatable bonds is 18. The molecule has 2 N–H and O–H groups in total. The number of carbonyl (C=O) groups is 6. The summed E-state index contributed by atoms with van der Waals surface area (Å²) in [6.07, 6.45) is 11.5. The third-order valence-corrected chi connectivity index (χ3v) is 12.5. The smallest absolute Gasteiger partial charge is 0.264 e. The Morgan fingerprint density at radius 2 is 1.60 bits per heavy atom. The number of aryl methyl sites for hydroxylation is 1. The molecule has 2 saturated heterocycles. The quantitative estimate of drug-likeness (QED) is 0.0570. The molecule has 5 amide bonds. The van der Waals surface area contributed by atoms with E-state index < -0.39 is 29.7 Å². The zero-order valence-corrected chi connectivity index (χ0v) is 36.8. The molecule has 2 aromatic heterocycles. The Labute approximate surface area is 378 Å². The number of hydrogen-bond donors (Lipinski definition) is 2. The number of imide groups is 2. The second kappa shape index (κ2) is 20.7. The van der Waals surface area contributed by atoms with Gasteiger partial charge in [0, 0.05) is 100 Å². The first-order chi connectivity index (χ1) is 31.6. The molecule has 3 aliphatic heterocycles. The van der Waals surface area contributed by atoms with Gasteiger partial charge in [0.15, 0.2) is 5.78 Å². The summed E-state index contributed by atoms with van der Waals surface area (Å²) in [5.74, 6) is -1.09. The number of benzene rings is 3. The number of nitrogens with zero attached hydrogens (tertiary/aromatic N) is 6. The molecule has 14 nitrogen and oxygen atoms in total. The lowest BCUT2D eigenvalue weighted by atomic mass is 9.97. The van der Waals surface area contributed by atoms with Crippen molar-refractivity contribution in [1.29, 1.82) is 0 Å². The highest BCUT2D eigenvalue weighted by Gasteiger charge is 2.45. The van der Waals surface area contributed by atoms with Gasteiger partial charge in [-0.05, 0) is 78.8 Å². The van der Waals surface area contributed by atoms with Crippen LogP contribution in [0.25, 0.3) is 11.3 Å². The van der Waals surface area contributed by atoms with Crippen LogP contribution in [0.3, 0.4) is 0 Å². The van der Waals surface area contributed by atoms with E-state index in [1.807, 2.05) is 53.4 Å². The maximum absolute atomic E-state index is 13.4. The predicted octanol–water partition coefficient (Wildman–Crippen LogP) is 6.36. The highest BCUT2D eigenvalue weighted by Crippen LogP contribution is 2.32. The summed E-state index contributed by atoms with van der Waals surface area (Å²) in [4.78, 5) is 95.6. The van der Waals surface area contributed by atoms with Crippen LogP contribution in [0, 0.1) is 6.92 Å². The number of hydrogen-bond acceptors (Lipinski definition) is 11. The first-order valence-electron chi connectivity index (χ1n) is 22.6. The number of ketones is 1. The van der Waals surface area contributed by atoms with E-state index in [0.717, 1.165) is 90.1 Å². The second-order valence-electron chi connectivity index (χ2n) is 17.1. The molecule has 0 saturated carbocycles. The number of anilines is 1. The van der Waals surface area contributed by atoms with Gasteiger partial charge in [-0.2, -0.15) is 0 Å². The van der Waals surface area contributed by atoms with Crippen molar-refractivity contribution in [3.8, 4) is 11.3 Å². The fraction of sp³-hybridized carbons (Fsp3) is 0.353. The Hall–Kier alpha value is -6.93. The van der Waals surface area contributed by atoms with Gasteiger partial charge in [0.05, 0.1) is 16.8 Å². The lowest BCUT2D eigenvalue weighted by Crippen LogP contribution is -2.54. The molecule has 1 atom stereocenters. The molecule has 3 aliphatic rings. The summed E-state index contributed by atoms with van der Waals surface area (Å²) in [5, 5.41) is 5.53. The highest BCUT2D eigenvalue weighted by atomic mass is 16.2. The van der Waals surface area contributed by atoms with Crippen LogP contribution in [-0.4, -0.2) is 104 Å². The molecule has 65 heavy (non-hydrogen) atoms. The number of carbonyl (C=O) groups excluding carboxylic acids is 6. The summed E-state index contributed by atoms with van der Waals surface area (Å²) >= 11 is 0. The lowest BCUT2D eigenvalue weighted by Gasteiger charge is -2.35.